The largest absolute Gasteiger partial charge is 0.465 e. The van der Waals surface area contributed by atoms with Crippen molar-refractivity contribution < 1.29 is 23.5 Å². The van der Waals surface area contributed by atoms with E-state index < -0.39 is 5.97 Å². The van der Waals surface area contributed by atoms with E-state index in [-0.39, 0.29) is 28.1 Å². The molecule has 0 unspecified atom stereocenters. The number of hydrogen-bond acceptors (Lipinski definition) is 9. The molecule has 0 atom stereocenters. The zero-order chi connectivity index (χ0) is 25.0. The summed E-state index contributed by atoms with van der Waals surface area (Å²) < 4.78 is 12.8. The van der Waals surface area contributed by atoms with Crippen LogP contribution in [0.4, 0.5) is 5.00 Å². The average molecular weight is 568 g/mol. The summed E-state index contributed by atoms with van der Waals surface area (Å²) in [5.41, 5.74) is 0.620. The van der Waals surface area contributed by atoms with Crippen LogP contribution in [0.25, 0.3) is 11.6 Å². The van der Waals surface area contributed by atoms with Crippen molar-refractivity contribution in [1.29, 1.82) is 0 Å². The molecule has 0 aliphatic rings. The van der Waals surface area contributed by atoms with Gasteiger partial charge in [-0.3, -0.25) is 14.2 Å². The molecule has 0 saturated carbocycles. The SMILES string of the molecule is C=CCn1c(SCC(=O)Nc2sc(C(=O)N(C)C)c(C)c2C(=O)OC)nnc1-c1ccc(Br)o1. The second-order valence-electron chi connectivity index (χ2n) is 7.10. The number of carbonyl (C=O) groups excluding carboxylic acids is 3. The summed E-state index contributed by atoms with van der Waals surface area (Å²) in [6.07, 6.45) is 1.69. The molecule has 0 radical (unpaired) electrons. The van der Waals surface area contributed by atoms with Crippen molar-refractivity contribution in [3.8, 4) is 11.6 Å². The van der Waals surface area contributed by atoms with Gasteiger partial charge in [-0.15, -0.1) is 28.1 Å². The number of anilines is 1. The van der Waals surface area contributed by atoms with E-state index >= 15 is 0 Å². The van der Waals surface area contributed by atoms with Crippen molar-refractivity contribution in [2.24, 2.45) is 0 Å². The molecule has 2 amide bonds. The van der Waals surface area contributed by atoms with E-state index in [4.69, 9.17) is 9.15 Å². The van der Waals surface area contributed by atoms with E-state index in [9.17, 15) is 14.4 Å². The predicted molar refractivity (Wildman–Crippen MR) is 133 cm³/mol. The molecule has 0 aliphatic heterocycles. The van der Waals surface area contributed by atoms with Crippen LogP contribution in [0.3, 0.4) is 0 Å². The molecule has 3 aromatic rings. The molecule has 13 heteroatoms. The Morgan fingerprint density at radius 2 is 2.09 bits per heavy atom. The molecule has 0 fully saturated rings. The summed E-state index contributed by atoms with van der Waals surface area (Å²) in [6, 6.07) is 3.51. The summed E-state index contributed by atoms with van der Waals surface area (Å²) in [7, 11) is 4.47. The molecular formula is C21H22BrN5O5S2. The number of hydrogen-bond donors (Lipinski definition) is 1. The quantitative estimate of drug-likeness (QED) is 0.233. The van der Waals surface area contributed by atoms with E-state index in [1.807, 2.05) is 0 Å². The molecule has 0 aromatic carbocycles. The Hall–Kier alpha value is -2.90. The average Bonchev–Trinajstić information content (AvgIpc) is 3.49. The third-order valence-electron chi connectivity index (χ3n) is 4.54. The van der Waals surface area contributed by atoms with E-state index in [1.54, 1.807) is 43.8 Å². The minimum absolute atomic E-state index is 0.00829. The van der Waals surface area contributed by atoms with Crippen molar-refractivity contribution >= 4 is 61.8 Å². The Bertz CT molecular complexity index is 1250. The number of allylic oxidation sites excluding steroid dienone is 1. The number of thioether (sulfide) groups is 1. The number of nitrogens with zero attached hydrogens (tertiary/aromatic N) is 4. The number of methoxy groups -OCH3 is 1. The Morgan fingerprint density at radius 1 is 1.35 bits per heavy atom. The van der Waals surface area contributed by atoms with Crippen LogP contribution in [0.1, 0.15) is 25.6 Å². The van der Waals surface area contributed by atoms with Crippen LogP contribution in [0.5, 0.6) is 0 Å². The van der Waals surface area contributed by atoms with Crippen LogP contribution in [-0.2, 0) is 16.1 Å². The number of esters is 1. The first-order valence-corrected chi connectivity index (χ1v) is 12.4. The van der Waals surface area contributed by atoms with Gasteiger partial charge in [-0.25, -0.2) is 4.79 Å². The summed E-state index contributed by atoms with van der Waals surface area (Å²) in [5.74, 6) is -0.261. The molecule has 0 aliphatic carbocycles. The Labute approximate surface area is 212 Å². The summed E-state index contributed by atoms with van der Waals surface area (Å²) in [6.45, 7) is 5.82. The van der Waals surface area contributed by atoms with Gasteiger partial charge in [-0.1, -0.05) is 17.8 Å². The van der Waals surface area contributed by atoms with Crippen LogP contribution in [0, 0.1) is 6.92 Å². The monoisotopic (exact) mass is 567 g/mol. The lowest BCUT2D eigenvalue weighted by Gasteiger charge is -2.08. The first-order valence-electron chi connectivity index (χ1n) is 9.83. The topological polar surface area (TPSA) is 120 Å². The number of rotatable bonds is 9. The molecule has 1 N–H and O–H groups in total. The van der Waals surface area contributed by atoms with E-state index in [2.05, 4.69) is 38.0 Å². The van der Waals surface area contributed by atoms with Gasteiger partial charge in [-0.2, -0.15) is 0 Å². The van der Waals surface area contributed by atoms with Gasteiger partial charge in [0.05, 0.1) is 23.3 Å². The van der Waals surface area contributed by atoms with Gasteiger partial charge in [0.2, 0.25) is 11.7 Å². The normalized spacial score (nSPS) is 10.7. The fraction of sp³-hybridized carbons (Fsp3) is 0.286. The van der Waals surface area contributed by atoms with Crippen molar-refractivity contribution in [1.82, 2.24) is 19.7 Å². The number of thiophene rings is 1. The highest BCUT2D eigenvalue weighted by Crippen LogP contribution is 2.35. The lowest BCUT2D eigenvalue weighted by molar-refractivity contribution is -0.113. The number of nitrogens with one attached hydrogen (secondary N) is 1. The van der Waals surface area contributed by atoms with Gasteiger partial charge in [0.1, 0.15) is 5.00 Å². The number of aromatic nitrogens is 3. The fourth-order valence-corrected chi connectivity index (χ4v) is 5.24. The highest BCUT2D eigenvalue weighted by atomic mass is 79.9. The van der Waals surface area contributed by atoms with Gasteiger partial charge >= 0.3 is 5.97 Å². The van der Waals surface area contributed by atoms with Gasteiger partial charge in [0, 0.05) is 20.6 Å². The molecule has 3 rings (SSSR count). The molecule has 10 nitrogen and oxygen atoms in total. The van der Waals surface area contributed by atoms with Crippen LogP contribution in [0.2, 0.25) is 0 Å². The number of carbonyl (C=O) groups is 3. The second-order valence-corrected chi connectivity index (χ2v) is 9.84. The van der Waals surface area contributed by atoms with Crippen LogP contribution >= 0.6 is 39.0 Å². The minimum Gasteiger partial charge on any atom is -0.465 e. The van der Waals surface area contributed by atoms with Crippen LogP contribution in [0.15, 0.2) is 39.0 Å². The maximum absolute atomic E-state index is 12.7. The second kappa shape index (κ2) is 11.0. The number of halogens is 1. The van der Waals surface area contributed by atoms with Gasteiger partial charge < -0.3 is 19.4 Å². The van der Waals surface area contributed by atoms with Gasteiger partial charge in [0.15, 0.2) is 15.6 Å². The maximum Gasteiger partial charge on any atom is 0.341 e. The standard InChI is InChI=1S/C21H22BrN5O5S2/c1-6-9-27-17(12-7-8-13(22)32-12)24-25-21(27)33-10-14(28)23-18-15(20(30)31-5)11(2)16(34-18)19(29)26(3)4/h6-8H,1,9-10H2,2-5H3,(H,23,28). The third-order valence-corrected chi connectivity index (χ3v) is 7.13. The molecule has 0 bridgehead atoms. The third kappa shape index (κ3) is 5.42. The smallest absolute Gasteiger partial charge is 0.341 e. The lowest BCUT2D eigenvalue weighted by atomic mass is 10.1. The van der Waals surface area contributed by atoms with Crippen molar-refractivity contribution in [2.45, 2.75) is 18.6 Å². The molecule has 180 valence electrons. The highest BCUT2D eigenvalue weighted by molar-refractivity contribution is 9.10. The Kier molecular flexibility index (Phi) is 8.33. The summed E-state index contributed by atoms with van der Waals surface area (Å²) in [4.78, 5) is 39.3. The zero-order valence-corrected chi connectivity index (χ0v) is 22.1. The maximum atomic E-state index is 12.7. The lowest BCUT2D eigenvalue weighted by Crippen LogP contribution is -2.21. The first-order chi connectivity index (χ1) is 16.2. The molecule has 34 heavy (non-hydrogen) atoms. The molecule has 0 spiro atoms. The molecule has 3 heterocycles. The van der Waals surface area contributed by atoms with Crippen LogP contribution < -0.4 is 5.32 Å². The molecular weight excluding hydrogens is 546 g/mol. The molecule has 0 saturated heterocycles. The van der Waals surface area contributed by atoms with Crippen molar-refractivity contribution in [3.63, 3.8) is 0 Å². The van der Waals surface area contributed by atoms with Crippen molar-refractivity contribution in [3.05, 3.63) is 45.5 Å². The highest BCUT2D eigenvalue weighted by Gasteiger charge is 2.27. The van der Waals surface area contributed by atoms with Crippen LogP contribution in [-0.4, -0.2) is 64.4 Å². The number of amides is 2. The van der Waals surface area contributed by atoms with Crippen molar-refractivity contribution in [2.75, 3.05) is 32.3 Å². The Balaban J connectivity index is 1.80. The van der Waals surface area contributed by atoms with E-state index in [0.717, 1.165) is 11.3 Å². The number of furan rings is 1. The van der Waals surface area contributed by atoms with E-state index in [0.29, 0.717) is 38.4 Å². The summed E-state index contributed by atoms with van der Waals surface area (Å²) >= 11 is 5.47. The van der Waals surface area contributed by atoms with Gasteiger partial charge in [0.25, 0.3) is 5.91 Å². The Morgan fingerprint density at radius 3 is 2.68 bits per heavy atom. The van der Waals surface area contributed by atoms with E-state index in [1.165, 1.54) is 23.8 Å². The summed E-state index contributed by atoms with van der Waals surface area (Å²) in [5, 5.41) is 11.8. The predicted octanol–water partition coefficient (Wildman–Crippen LogP) is 4.08. The molecule has 3 aromatic heterocycles. The zero-order valence-electron chi connectivity index (χ0n) is 18.9. The first kappa shape index (κ1) is 25.7. The van der Waals surface area contributed by atoms with Gasteiger partial charge in [-0.05, 0) is 40.5 Å². The number of ether oxygens (including phenoxy) is 1. The fourth-order valence-electron chi connectivity index (χ4n) is 2.96. The minimum atomic E-state index is -0.630.